The topological polar surface area (TPSA) is 118 Å². The minimum Gasteiger partial charge on any atom is -0.480 e. The molecular formula is C14H14N2O6. The number of carboxylic acids is 1. The van der Waals surface area contributed by atoms with E-state index in [9.17, 15) is 29.6 Å². The highest BCUT2D eigenvalue weighted by Crippen LogP contribution is 2.29. The highest BCUT2D eigenvalue weighted by molar-refractivity contribution is 6.22. The van der Waals surface area contributed by atoms with E-state index in [1.165, 1.54) is 6.07 Å². The number of hydrogen-bond donors (Lipinski definition) is 1. The smallest absolute Gasteiger partial charge is 0.326 e. The van der Waals surface area contributed by atoms with Crippen LogP contribution in [-0.2, 0) is 4.79 Å². The number of carboxylic acid groups (broad SMARTS) is 1. The number of carbonyl (C=O) groups excluding carboxylic acids is 2. The lowest BCUT2D eigenvalue weighted by Crippen LogP contribution is -2.44. The van der Waals surface area contributed by atoms with Gasteiger partial charge in [-0.25, -0.2) is 4.79 Å². The number of carbonyl (C=O) groups is 3. The van der Waals surface area contributed by atoms with Crippen molar-refractivity contribution in [1.29, 1.82) is 0 Å². The first-order valence-electron chi connectivity index (χ1n) is 6.77. The number of non-ortho nitro benzene ring substituents is 1. The molecule has 0 bridgehead atoms. The standard InChI is InChI=1S/C14H14N2O6/c1-2-3-4-11(14(19)20)15-12(17)9-6-5-8(16(21)22)7-10(9)13(15)18/h5-7,11H,2-4H2,1H3,(H,19,20)/t11-/m0/s1. The maximum absolute atomic E-state index is 12.3. The summed E-state index contributed by atoms with van der Waals surface area (Å²) in [4.78, 5) is 46.7. The molecular weight excluding hydrogens is 292 g/mol. The Labute approximate surface area is 125 Å². The number of amides is 2. The summed E-state index contributed by atoms with van der Waals surface area (Å²) < 4.78 is 0. The summed E-state index contributed by atoms with van der Waals surface area (Å²) in [6, 6.07) is 2.06. The van der Waals surface area contributed by atoms with Crippen LogP contribution in [-0.4, -0.2) is 38.8 Å². The fourth-order valence-corrected chi connectivity index (χ4v) is 2.40. The second-order valence-electron chi connectivity index (χ2n) is 4.96. The minimum atomic E-state index is -1.27. The minimum absolute atomic E-state index is 0.00153. The number of imide groups is 1. The zero-order valence-electron chi connectivity index (χ0n) is 11.8. The fraction of sp³-hybridized carbons (Fsp3) is 0.357. The van der Waals surface area contributed by atoms with E-state index in [1.54, 1.807) is 0 Å². The monoisotopic (exact) mass is 306 g/mol. The van der Waals surface area contributed by atoms with Gasteiger partial charge < -0.3 is 5.11 Å². The van der Waals surface area contributed by atoms with E-state index in [0.717, 1.165) is 18.6 Å². The number of nitro groups is 1. The highest BCUT2D eigenvalue weighted by atomic mass is 16.6. The SMILES string of the molecule is CCCC[C@@H](C(=O)O)N1C(=O)c2ccc([N+](=O)[O-])cc2C1=O. The van der Waals surface area contributed by atoms with Crippen molar-refractivity contribution in [3.8, 4) is 0 Å². The van der Waals surface area contributed by atoms with Gasteiger partial charge in [-0.3, -0.25) is 24.6 Å². The molecule has 0 unspecified atom stereocenters. The Balaban J connectivity index is 2.40. The molecule has 2 amide bonds. The second kappa shape index (κ2) is 5.92. The number of nitro benzene ring substituents is 1. The molecule has 0 radical (unpaired) electrons. The van der Waals surface area contributed by atoms with Gasteiger partial charge in [-0.15, -0.1) is 0 Å². The van der Waals surface area contributed by atoms with Gasteiger partial charge in [-0.1, -0.05) is 19.8 Å². The predicted octanol–water partition coefficient (Wildman–Crippen LogP) is 1.83. The Morgan fingerprint density at radius 1 is 1.32 bits per heavy atom. The molecule has 1 aromatic carbocycles. The number of nitrogens with zero attached hydrogens (tertiary/aromatic N) is 2. The molecule has 8 heteroatoms. The van der Waals surface area contributed by atoms with E-state index in [2.05, 4.69) is 0 Å². The molecule has 116 valence electrons. The molecule has 0 aliphatic carbocycles. The van der Waals surface area contributed by atoms with E-state index >= 15 is 0 Å². The van der Waals surface area contributed by atoms with Crippen LogP contribution in [0.4, 0.5) is 5.69 Å². The number of aliphatic carboxylic acids is 1. The van der Waals surface area contributed by atoms with Gasteiger partial charge in [0.1, 0.15) is 6.04 Å². The van der Waals surface area contributed by atoms with Crippen LogP contribution in [0.3, 0.4) is 0 Å². The third-order valence-electron chi connectivity index (χ3n) is 3.54. The second-order valence-corrected chi connectivity index (χ2v) is 4.96. The first-order chi connectivity index (χ1) is 10.4. The molecule has 0 fully saturated rings. The molecule has 1 N–H and O–H groups in total. The van der Waals surface area contributed by atoms with Crippen molar-refractivity contribution in [2.75, 3.05) is 0 Å². The van der Waals surface area contributed by atoms with Crippen LogP contribution in [0.2, 0.25) is 0 Å². The lowest BCUT2D eigenvalue weighted by molar-refractivity contribution is -0.384. The van der Waals surface area contributed by atoms with Crippen LogP contribution in [0.15, 0.2) is 18.2 Å². The van der Waals surface area contributed by atoms with Gasteiger partial charge in [0.25, 0.3) is 17.5 Å². The maximum atomic E-state index is 12.3. The lowest BCUT2D eigenvalue weighted by Gasteiger charge is -2.22. The highest BCUT2D eigenvalue weighted by Gasteiger charge is 2.43. The molecule has 2 rings (SSSR count). The Morgan fingerprint density at radius 3 is 2.50 bits per heavy atom. The van der Waals surface area contributed by atoms with Crippen LogP contribution in [0.5, 0.6) is 0 Å². The average molecular weight is 306 g/mol. The van der Waals surface area contributed by atoms with Crippen molar-refractivity contribution in [2.24, 2.45) is 0 Å². The molecule has 0 saturated carbocycles. The third-order valence-corrected chi connectivity index (χ3v) is 3.54. The number of fused-ring (bicyclic) bond motifs is 1. The van der Waals surface area contributed by atoms with E-state index in [4.69, 9.17) is 0 Å². The van der Waals surface area contributed by atoms with Gasteiger partial charge >= 0.3 is 5.97 Å². The molecule has 0 saturated heterocycles. The summed E-state index contributed by atoms with van der Waals surface area (Å²) in [5.41, 5.74) is -0.442. The number of hydrogen-bond acceptors (Lipinski definition) is 5. The maximum Gasteiger partial charge on any atom is 0.326 e. The number of rotatable bonds is 6. The molecule has 1 atom stereocenters. The summed E-state index contributed by atoms with van der Waals surface area (Å²) >= 11 is 0. The Bertz CT molecular complexity index is 669. The van der Waals surface area contributed by atoms with E-state index < -0.39 is 28.7 Å². The van der Waals surface area contributed by atoms with Gasteiger partial charge in [0.15, 0.2) is 0 Å². The average Bonchev–Trinajstić information content (AvgIpc) is 2.72. The molecule has 0 spiro atoms. The Morgan fingerprint density at radius 2 is 1.95 bits per heavy atom. The fourth-order valence-electron chi connectivity index (χ4n) is 2.40. The Hall–Kier alpha value is -2.77. The van der Waals surface area contributed by atoms with Crippen LogP contribution in [0, 0.1) is 10.1 Å². The molecule has 1 aliphatic heterocycles. The summed E-state index contributed by atoms with van der Waals surface area (Å²) in [6.45, 7) is 1.87. The van der Waals surface area contributed by atoms with Crippen LogP contribution < -0.4 is 0 Å². The first-order valence-corrected chi connectivity index (χ1v) is 6.77. The normalized spacial score (nSPS) is 14.9. The van der Waals surface area contributed by atoms with E-state index in [-0.39, 0.29) is 23.2 Å². The summed E-state index contributed by atoms with van der Waals surface area (Å²) in [7, 11) is 0. The third kappa shape index (κ3) is 2.54. The van der Waals surface area contributed by atoms with Gasteiger partial charge in [0.2, 0.25) is 0 Å². The number of unbranched alkanes of at least 4 members (excludes halogenated alkanes) is 1. The van der Waals surface area contributed by atoms with Crippen molar-refractivity contribution in [3.63, 3.8) is 0 Å². The summed E-state index contributed by atoms with van der Waals surface area (Å²) in [5, 5.41) is 20.0. The van der Waals surface area contributed by atoms with Crippen molar-refractivity contribution in [2.45, 2.75) is 32.2 Å². The van der Waals surface area contributed by atoms with E-state index in [0.29, 0.717) is 11.3 Å². The first kappa shape index (κ1) is 15.6. The van der Waals surface area contributed by atoms with Crippen molar-refractivity contribution < 1.29 is 24.4 Å². The lowest BCUT2D eigenvalue weighted by atomic mass is 10.1. The van der Waals surface area contributed by atoms with Gasteiger partial charge in [0.05, 0.1) is 16.1 Å². The predicted molar refractivity (Wildman–Crippen MR) is 74.5 cm³/mol. The van der Waals surface area contributed by atoms with Gasteiger partial charge in [-0.05, 0) is 12.5 Å². The summed E-state index contributed by atoms with van der Waals surface area (Å²) in [6.07, 6.45) is 1.42. The van der Waals surface area contributed by atoms with Crippen molar-refractivity contribution in [3.05, 3.63) is 39.4 Å². The van der Waals surface area contributed by atoms with Gasteiger partial charge in [-0.2, -0.15) is 0 Å². The largest absolute Gasteiger partial charge is 0.480 e. The zero-order valence-corrected chi connectivity index (χ0v) is 11.8. The molecule has 0 aromatic heterocycles. The van der Waals surface area contributed by atoms with E-state index in [1.807, 2.05) is 6.92 Å². The molecule has 22 heavy (non-hydrogen) atoms. The van der Waals surface area contributed by atoms with Crippen LogP contribution >= 0.6 is 0 Å². The quantitative estimate of drug-likeness (QED) is 0.486. The van der Waals surface area contributed by atoms with Crippen molar-refractivity contribution >= 4 is 23.5 Å². The molecule has 8 nitrogen and oxygen atoms in total. The van der Waals surface area contributed by atoms with Crippen molar-refractivity contribution in [1.82, 2.24) is 4.90 Å². The summed E-state index contributed by atoms with van der Waals surface area (Å²) in [5.74, 6) is -2.79. The Kier molecular flexibility index (Phi) is 4.20. The number of benzene rings is 1. The zero-order chi connectivity index (χ0) is 16.4. The van der Waals surface area contributed by atoms with Crippen LogP contribution in [0.25, 0.3) is 0 Å². The van der Waals surface area contributed by atoms with Gasteiger partial charge in [0, 0.05) is 12.1 Å². The molecule has 1 aliphatic rings. The molecule has 1 heterocycles. The molecule has 1 aromatic rings. The van der Waals surface area contributed by atoms with Crippen LogP contribution in [0.1, 0.15) is 46.9 Å².